The lowest BCUT2D eigenvalue weighted by Crippen LogP contribution is -2.19. The second-order valence-corrected chi connectivity index (χ2v) is 5.74. The van der Waals surface area contributed by atoms with Crippen LogP contribution in [0.5, 0.6) is 0 Å². The van der Waals surface area contributed by atoms with Crippen molar-refractivity contribution in [2.45, 2.75) is 13.0 Å². The average molecular weight is 343 g/mol. The van der Waals surface area contributed by atoms with E-state index in [2.05, 4.69) is 21.6 Å². The van der Waals surface area contributed by atoms with E-state index in [1.165, 1.54) is 0 Å². The third kappa shape index (κ3) is 4.65. The topological polar surface area (TPSA) is 81.4 Å². The van der Waals surface area contributed by atoms with Crippen molar-refractivity contribution in [2.24, 2.45) is 5.10 Å². The van der Waals surface area contributed by atoms with Gasteiger partial charge in [0.05, 0.1) is 17.9 Å². The van der Waals surface area contributed by atoms with E-state index in [9.17, 15) is 10.1 Å². The van der Waals surface area contributed by atoms with Crippen molar-refractivity contribution < 1.29 is 4.79 Å². The fourth-order valence-corrected chi connectivity index (χ4v) is 2.54. The number of pyridine rings is 1. The van der Waals surface area contributed by atoms with Crippen LogP contribution >= 0.6 is 0 Å². The fraction of sp³-hybridized carbons (Fsp3) is 0.100. The number of rotatable bonds is 5. The maximum absolute atomic E-state index is 12.0. The number of benzene rings is 1. The molecule has 1 aromatic heterocycles. The minimum Gasteiger partial charge on any atom is -0.349 e. The van der Waals surface area contributed by atoms with Gasteiger partial charge in [0.25, 0.3) is 5.91 Å². The Bertz CT molecular complexity index is 895. The van der Waals surface area contributed by atoms with Crippen LogP contribution in [0.3, 0.4) is 0 Å². The maximum atomic E-state index is 12.0. The van der Waals surface area contributed by atoms with Crippen LogP contribution in [0.4, 0.5) is 0 Å². The highest BCUT2D eigenvalue weighted by Crippen LogP contribution is 2.19. The molecule has 1 N–H and O–H groups in total. The van der Waals surface area contributed by atoms with E-state index < -0.39 is 0 Å². The Balaban J connectivity index is 1.66. The molecule has 6 heteroatoms. The van der Waals surface area contributed by atoms with Crippen molar-refractivity contribution in [2.75, 3.05) is 0 Å². The number of allylic oxidation sites excluding steroid dienone is 2. The summed E-state index contributed by atoms with van der Waals surface area (Å²) in [6.07, 6.45) is 8.91. The molecule has 1 amide bonds. The molecule has 0 radical (unpaired) electrons. The third-order valence-corrected chi connectivity index (χ3v) is 3.74. The molecule has 0 bridgehead atoms. The SMILES string of the molecule is N#CC1=CN(Cc2ccccc2)C=C(/C=N\NC(=O)c2ccncc2)C1. The van der Waals surface area contributed by atoms with E-state index >= 15 is 0 Å². The number of nitrogens with one attached hydrogen (secondary N) is 1. The zero-order valence-electron chi connectivity index (χ0n) is 14.0. The molecule has 1 aliphatic heterocycles. The van der Waals surface area contributed by atoms with Gasteiger partial charge in [-0.05, 0) is 23.3 Å². The third-order valence-electron chi connectivity index (χ3n) is 3.74. The zero-order chi connectivity index (χ0) is 18.2. The van der Waals surface area contributed by atoms with Gasteiger partial charge >= 0.3 is 0 Å². The summed E-state index contributed by atoms with van der Waals surface area (Å²) < 4.78 is 0. The van der Waals surface area contributed by atoms with Gasteiger partial charge in [-0.1, -0.05) is 30.3 Å². The number of amides is 1. The average Bonchev–Trinajstić information content (AvgIpc) is 2.69. The van der Waals surface area contributed by atoms with Gasteiger partial charge < -0.3 is 4.90 Å². The lowest BCUT2D eigenvalue weighted by molar-refractivity contribution is 0.0955. The number of nitrogens with zero attached hydrogens (tertiary/aromatic N) is 4. The predicted octanol–water partition coefficient (Wildman–Crippen LogP) is 2.99. The van der Waals surface area contributed by atoms with Gasteiger partial charge in [-0.25, -0.2) is 5.43 Å². The van der Waals surface area contributed by atoms with Crippen LogP contribution in [0.25, 0.3) is 0 Å². The highest BCUT2D eigenvalue weighted by atomic mass is 16.2. The minimum atomic E-state index is -0.308. The van der Waals surface area contributed by atoms with Crippen LogP contribution in [0.1, 0.15) is 22.3 Å². The molecule has 0 spiro atoms. The quantitative estimate of drug-likeness (QED) is 0.668. The van der Waals surface area contributed by atoms with Crippen LogP contribution in [-0.2, 0) is 6.54 Å². The van der Waals surface area contributed by atoms with Gasteiger partial charge in [-0.2, -0.15) is 10.4 Å². The first kappa shape index (κ1) is 17.1. The molecule has 1 aliphatic rings. The molecule has 26 heavy (non-hydrogen) atoms. The van der Waals surface area contributed by atoms with Crippen molar-refractivity contribution in [3.8, 4) is 6.07 Å². The van der Waals surface area contributed by atoms with Crippen LogP contribution in [0.2, 0.25) is 0 Å². The van der Waals surface area contributed by atoms with Crippen molar-refractivity contribution >= 4 is 12.1 Å². The highest BCUT2D eigenvalue weighted by molar-refractivity contribution is 5.94. The smallest absolute Gasteiger partial charge is 0.271 e. The molecule has 128 valence electrons. The van der Waals surface area contributed by atoms with Gasteiger partial charge in [-0.15, -0.1) is 0 Å². The Hall–Kier alpha value is -3.72. The van der Waals surface area contributed by atoms with Crippen LogP contribution in [0, 0.1) is 11.3 Å². The van der Waals surface area contributed by atoms with Crippen molar-refractivity contribution in [1.29, 1.82) is 5.26 Å². The second-order valence-electron chi connectivity index (χ2n) is 5.74. The fourth-order valence-electron chi connectivity index (χ4n) is 2.54. The second kappa shape index (κ2) is 8.40. The van der Waals surface area contributed by atoms with E-state index in [1.807, 2.05) is 47.6 Å². The first-order chi connectivity index (χ1) is 12.7. The standard InChI is InChI=1S/C20H17N5O/c21-11-17-10-18(12-23-24-20(26)19-6-8-22-9-7-19)15-25(14-17)13-16-4-2-1-3-5-16/h1-9,12,14-15H,10,13H2,(H,24,26)/b23-12-. The van der Waals surface area contributed by atoms with Crippen LogP contribution in [0.15, 0.2) is 83.5 Å². The lowest BCUT2D eigenvalue weighted by atomic mass is 10.1. The molecule has 0 saturated carbocycles. The van der Waals surface area contributed by atoms with Gasteiger partial charge in [0, 0.05) is 43.3 Å². The Morgan fingerprint density at radius 1 is 1.23 bits per heavy atom. The number of aromatic nitrogens is 1. The summed E-state index contributed by atoms with van der Waals surface area (Å²) in [7, 11) is 0. The summed E-state index contributed by atoms with van der Waals surface area (Å²) >= 11 is 0. The van der Waals surface area contributed by atoms with Crippen molar-refractivity contribution in [3.63, 3.8) is 0 Å². The molecule has 0 unspecified atom stereocenters. The molecule has 0 atom stereocenters. The first-order valence-electron chi connectivity index (χ1n) is 8.09. The summed E-state index contributed by atoms with van der Waals surface area (Å²) in [6.45, 7) is 0.659. The van der Waals surface area contributed by atoms with Gasteiger partial charge in [0.2, 0.25) is 0 Å². The van der Waals surface area contributed by atoms with E-state index in [0.717, 1.165) is 11.1 Å². The molecular formula is C20H17N5O. The summed E-state index contributed by atoms with van der Waals surface area (Å²) in [5, 5.41) is 13.3. The Labute approximate surface area is 151 Å². The van der Waals surface area contributed by atoms with Gasteiger partial charge in [-0.3, -0.25) is 9.78 Å². The van der Waals surface area contributed by atoms with E-state index in [0.29, 0.717) is 24.1 Å². The van der Waals surface area contributed by atoms with E-state index in [1.54, 1.807) is 30.7 Å². The minimum absolute atomic E-state index is 0.308. The van der Waals surface area contributed by atoms with Crippen LogP contribution < -0.4 is 5.43 Å². The largest absolute Gasteiger partial charge is 0.349 e. The molecule has 3 rings (SSSR count). The molecular weight excluding hydrogens is 326 g/mol. The first-order valence-corrected chi connectivity index (χ1v) is 8.09. The summed E-state index contributed by atoms with van der Waals surface area (Å²) in [6, 6.07) is 15.4. The number of hydrogen-bond acceptors (Lipinski definition) is 5. The van der Waals surface area contributed by atoms with E-state index in [-0.39, 0.29) is 5.91 Å². The zero-order valence-corrected chi connectivity index (χ0v) is 14.0. The summed E-state index contributed by atoms with van der Waals surface area (Å²) in [5.41, 5.74) is 5.60. The summed E-state index contributed by atoms with van der Waals surface area (Å²) in [4.78, 5) is 17.8. The number of hydrazone groups is 1. The number of carbonyl (C=O) groups is 1. The normalized spacial score (nSPS) is 13.7. The highest BCUT2D eigenvalue weighted by Gasteiger charge is 2.11. The van der Waals surface area contributed by atoms with Gasteiger partial charge in [0.15, 0.2) is 0 Å². The number of nitriles is 1. The Kier molecular flexibility index (Phi) is 5.53. The number of hydrogen-bond donors (Lipinski definition) is 1. The Morgan fingerprint density at radius 2 is 2.00 bits per heavy atom. The van der Waals surface area contributed by atoms with Crippen molar-refractivity contribution in [1.82, 2.24) is 15.3 Å². The van der Waals surface area contributed by atoms with Crippen LogP contribution in [-0.4, -0.2) is 22.0 Å². The Morgan fingerprint density at radius 3 is 2.73 bits per heavy atom. The molecule has 1 aromatic carbocycles. The molecule has 6 nitrogen and oxygen atoms in total. The molecule has 0 saturated heterocycles. The molecule has 0 aliphatic carbocycles. The van der Waals surface area contributed by atoms with Gasteiger partial charge in [0.1, 0.15) is 0 Å². The maximum Gasteiger partial charge on any atom is 0.271 e. The molecule has 0 fully saturated rings. The predicted molar refractivity (Wildman–Crippen MR) is 98.6 cm³/mol. The van der Waals surface area contributed by atoms with E-state index in [4.69, 9.17) is 0 Å². The monoisotopic (exact) mass is 343 g/mol. The summed E-state index contributed by atoms with van der Waals surface area (Å²) in [5.74, 6) is -0.308. The molecule has 2 heterocycles. The lowest BCUT2D eigenvalue weighted by Gasteiger charge is -2.21. The van der Waals surface area contributed by atoms with Crippen molar-refractivity contribution in [3.05, 3.63) is 89.5 Å². The number of carbonyl (C=O) groups excluding carboxylic acids is 1. The molecule has 2 aromatic rings.